The van der Waals surface area contributed by atoms with Gasteiger partial charge in [0.15, 0.2) is 0 Å². The Morgan fingerprint density at radius 3 is 1.00 bits per heavy atom. The van der Waals surface area contributed by atoms with E-state index in [-0.39, 0.29) is 102 Å². The fraction of sp³-hybridized carbons (Fsp3) is 0. The molecule has 5 heteroatoms. The molecule has 0 unspecified atom stereocenters. The Labute approximate surface area is 99.9 Å². The van der Waals surface area contributed by atoms with Gasteiger partial charge in [-0.15, -0.1) is 0 Å². The van der Waals surface area contributed by atoms with Crippen LogP contribution in [0.25, 0.3) is 0 Å². The van der Waals surface area contributed by atoms with Gasteiger partial charge in [-0.25, -0.2) is 0 Å². The summed E-state index contributed by atoms with van der Waals surface area (Å²) in [5.41, 5.74) is 0. The molecule has 0 spiro atoms. The van der Waals surface area contributed by atoms with Gasteiger partial charge in [-0.1, -0.05) is 0 Å². The van der Waals surface area contributed by atoms with Crippen molar-refractivity contribution in [3.8, 4) is 0 Å². The van der Waals surface area contributed by atoms with Gasteiger partial charge in [0, 0.05) is 102 Å². The molecule has 32 valence electrons. The summed E-state index contributed by atoms with van der Waals surface area (Å²) in [6.07, 6.45) is 0. The van der Waals surface area contributed by atoms with Crippen molar-refractivity contribution in [2.45, 2.75) is 0 Å². The van der Waals surface area contributed by atoms with Crippen molar-refractivity contribution in [1.82, 2.24) is 0 Å². The largest absolute Gasteiger partial charge is 0 e. The van der Waals surface area contributed by atoms with E-state index in [1.54, 1.807) is 0 Å². The molecule has 0 amide bonds. The summed E-state index contributed by atoms with van der Waals surface area (Å²) in [6, 6.07) is 0. The van der Waals surface area contributed by atoms with Crippen LogP contribution in [-0.2, 0) is 89.4 Å². The smallest absolute Gasteiger partial charge is 0 e. The molecule has 0 fully saturated rings. The van der Waals surface area contributed by atoms with E-state index in [4.69, 9.17) is 0 Å². The zero-order chi connectivity index (χ0) is 0. The summed E-state index contributed by atoms with van der Waals surface area (Å²) < 4.78 is 0. The van der Waals surface area contributed by atoms with E-state index in [9.17, 15) is 0 Å². The molecule has 0 aliphatic carbocycles. The van der Waals surface area contributed by atoms with Crippen molar-refractivity contribution in [3.63, 3.8) is 0 Å². The van der Waals surface area contributed by atoms with Gasteiger partial charge >= 0.3 is 0 Å². The van der Waals surface area contributed by atoms with Crippen molar-refractivity contribution in [3.05, 3.63) is 0 Å². The third kappa shape index (κ3) is 18.9. The van der Waals surface area contributed by atoms with Crippen molar-refractivity contribution >= 4 is 12.4 Å². The van der Waals surface area contributed by atoms with Gasteiger partial charge in [0.1, 0.15) is 0 Å². The van der Waals surface area contributed by atoms with Gasteiger partial charge in [0.25, 0.3) is 0 Å². The molecule has 0 saturated carbocycles. The van der Waals surface area contributed by atoms with Crippen LogP contribution in [0.5, 0.6) is 0 Å². The molecule has 0 aliphatic heterocycles. The van der Waals surface area contributed by atoms with E-state index in [0.717, 1.165) is 0 Å². The summed E-state index contributed by atoms with van der Waals surface area (Å²) >= 11 is 0. The first-order valence-electron chi connectivity index (χ1n) is 0. The maximum Gasteiger partial charge on any atom is 0 e. The predicted molar refractivity (Wildman–Crippen MR) is 5.85 cm³/mol. The molecule has 0 aliphatic rings. The summed E-state index contributed by atoms with van der Waals surface area (Å²) in [5.74, 6) is 0. The van der Waals surface area contributed by atoms with Crippen LogP contribution in [0, 0.1) is 0 Å². The van der Waals surface area contributed by atoms with Crippen LogP contribution in [0.1, 0.15) is 0 Å². The number of rotatable bonds is 0. The Morgan fingerprint density at radius 1 is 1.00 bits per heavy atom. The van der Waals surface area contributed by atoms with E-state index in [1.807, 2.05) is 0 Å². The van der Waals surface area contributed by atoms with Crippen molar-refractivity contribution in [2.24, 2.45) is 0 Å². The normalized spacial score (nSPS) is 0. The molecule has 0 atom stereocenters. The molecule has 0 rings (SSSR count). The summed E-state index contributed by atoms with van der Waals surface area (Å²) in [7, 11) is 0. The average molecular weight is 556 g/mol. The zero-order valence-electron chi connectivity index (χ0n) is 2.07. The van der Waals surface area contributed by atoms with E-state index >= 15 is 0 Å². The van der Waals surface area contributed by atoms with Gasteiger partial charge in [-0.3, -0.25) is 0 Å². The zero-order valence-corrected chi connectivity index (χ0v) is 11.8. The summed E-state index contributed by atoms with van der Waals surface area (Å²) in [4.78, 5) is 0. The summed E-state index contributed by atoms with van der Waals surface area (Å²) in [5, 5.41) is 0. The van der Waals surface area contributed by atoms with Gasteiger partial charge in [-0.2, -0.15) is 0 Å². The molecule has 0 aromatic heterocycles. The van der Waals surface area contributed by atoms with Crippen molar-refractivity contribution in [2.75, 3.05) is 0 Å². The van der Waals surface area contributed by atoms with Crippen LogP contribution in [-0.4, -0.2) is 0 Å². The quantitative estimate of drug-likeness (QED) is 0.386. The maximum atomic E-state index is 0. The Bertz CT molecular complexity index is 11.6. The molecule has 2 radical (unpaired) electrons. The van der Waals surface area contributed by atoms with Crippen molar-refractivity contribution < 1.29 is 89.4 Å². The standard InChI is InChI=1S/Cl.Pt.Re.Ti.Zr. The van der Waals surface area contributed by atoms with Gasteiger partial charge < -0.3 is 0 Å². The first kappa shape index (κ1) is 41.2. The van der Waals surface area contributed by atoms with Gasteiger partial charge in [0.05, 0.1) is 0 Å². The molecule has 0 aromatic carbocycles. The average Bonchev–Trinajstić information content (AvgIpc) is 0. The van der Waals surface area contributed by atoms with Gasteiger partial charge in [0.2, 0.25) is 0 Å². The third-order valence-corrected chi connectivity index (χ3v) is 0. The summed E-state index contributed by atoms with van der Waals surface area (Å²) in [6.45, 7) is 0. The Kier molecular flexibility index (Phi) is 221. The molecule has 0 N–H and O–H groups in total. The van der Waals surface area contributed by atoms with Crippen LogP contribution in [0.15, 0.2) is 0 Å². The van der Waals surface area contributed by atoms with Crippen LogP contribution in [0.3, 0.4) is 0 Å². The number of hydrogen-bond donors (Lipinski definition) is 0. The van der Waals surface area contributed by atoms with E-state index < -0.39 is 0 Å². The van der Waals surface area contributed by atoms with Crippen LogP contribution in [0.2, 0.25) is 0 Å². The molecule has 0 bridgehead atoms. The fourth-order valence-corrected chi connectivity index (χ4v) is 0. The first-order chi connectivity index (χ1) is 0. The molecule has 0 aromatic rings. The van der Waals surface area contributed by atoms with E-state index in [2.05, 4.69) is 0 Å². The van der Waals surface area contributed by atoms with Crippen LogP contribution >= 0.6 is 12.4 Å². The molecule has 0 nitrogen and oxygen atoms in total. The van der Waals surface area contributed by atoms with Gasteiger partial charge in [-0.05, 0) is 0 Å². The topological polar surface area (TPSA) is 0 Å². The molecule has 0 heterocycles. The van der Waals surface area contributed by atoms with E-state index in [1.165, 1.54) is 0 Å². The van der Waals surface area contributed by atoms with Crippen LogP contribution < -0.4 is 0 Å². The van der Waals surface area contributed by atoms with Crippen LogP contribution in [0.4, 0.5) is 0 Å². The molecule has 5 heavy (non-hydrogen) atoms. The second kappa shape index (κ2) is 26.9. The minimum absolute atomic E-state index is 0. The molecule has 0 saturated heterocycles. The minimum Gasteiger partial charge on any atom is 0 e. The molecular formula is ClPtReTiZr. The second-order valence-electron chi connectivity index (χ2n) is 0. The SMILES string of the molecule is [Cl].[Pt].[Re].[Ti].[Zr]. The number of hydrogen-bond acceptors (Lipinski definition) is 0. The predicted octanol–water partition coefficient (Wildman–Crippen LogP) is 0.680. The Hall–Kier alpha value is 3.24. The monoisotopic (exact) mass is 555 g/mol. The maximum absolute atomic E-state index is 0. The van der Waals surface area contributed by atoms with Crippen molar-refractivity contribution in [1.29, 1.82) is 0 Å². The fourth-order valence-electron chi connectivity index (χ4n) is 0. The Balaban J connectivity index is 0. The first-order valence-corrected chi connectivity index (χ1v) is 0. The molecular weight excluding hydrogens is 556 g/mol. The Morgan fingerprint density at radius 2 is 1.00 bits per heavy atom. The minimum atomic E-state index is 0. The number of halogens is 1. The third-order valence-electron chi connectivity index (χ3n) is 0. The second-order valence-corrected chi connectivity index (χ2v) is 0. The van der Waals surface area contributed by atoms with E-state index in [0.29, 0.717) is 0 Å².